The van der Waals surface area contributed by atoms with Gasteiger partial charge in [-0.1, -0.05) is 44.2 Å². The molecule has 0 spiro atoms. The number of ether oxygens (including phenoxy) is 1. The monoisotopic (exact) mass is 259 g/mol. The Hall–Kier alpha value is -1.28. The third-order valence-electron chi connectivity index (χ3n) is 3.23. The molecular formula is C17H25NO. The Morgan fingerprint density at radius 1 is 1.37 bits per heavy atom. The van der Waals surface area contributed by atoms with Crippen LogP contribution in [0.2, 0.25) is 0 Å². The molecule has 0 atom stereocenters. The van der Waals surface area contributed by atoms with Gasteiger partial charge in [-0.25, -0.2) is 0 Å². The Bertz CT molecular complexity index is 460. The molecule has 1 aromatic carbocycles. The van der Waals surface area contributed by atoms with Crippen molar-refractivity contribution in [3.05, 3.63) is 35.4 Å². The van der Waals surface area contributed by atoms with Gasteiger partial charge >= 0.3 is 0 Å². The minimum atomic E-state index is -0.0673. The Morgan fingerprint density at radius 3 is 2.89 bits per heavy atom. The maximum atomic E-state index is 6.05. The average Bonchev–Trinajstić information content (AvgIpc) is 2.63. The van der Waals surface area contributed by atoms with Crippen LogP contribution in [0.25, 0.3) is 6.08 Å². The van der Waals surface area contributed by atoms with E-state index in [1.165, 1.54) is 11.1 Å². The summed E-state index contributed by atoms with van der Waals surface area (Å²) in [5.41, 5.74) is 2.44. The molecular weight excluding hydrogens is 234 g/mol. The van der Waals surface area contributed by atoms with Crippen LogP contribution in [0.15, 0.2) is 24.3 Å². The Kier molecular flexibility index (Phi) is 4.31. The SMILES string of the molecule is CC(C)CNCC=Cc1cccc2c1OC(C)(C)C2. The largest absolute Gasteiger partial charge is 0.487 e. The van der Waals surface area contributed by atoms with E-state index in [1.54, 1.807) is 0 Å². The van der Waals surface area contributed by atoms with Gasteiger partial charge in [0.05, 0.1) is 0 Å². The van der Waals surface area contributed by atoms with Crippen molar-refractivity contribution in [1.29, 1.82) is 0 Å². The highest BCUT2D eigenvalue weighted by Crippen LogP contribution is 2.37. The van der Waals surface area contributed by atoms with Crippen molar-refractivity contribution in [3.63, 3.8) is 0 Å². The first-order valence-electron chi connectivity index (χ1n) is 7.16. The molecule has 1 aliphatic heterocycles. The van der Waals surface area contributed by atoms with Gasteiger partial charge in [-0.3, -0.25) is 0 Å². The summed E-state index contributed by atoms with van der Waals surface area (Å²) in [5.74, 6) is 1.76. The molecule has 2 rings (SSSR count). The van der Waals surface area contributed by atoms with Gasteiger partial charge in [-0.15, -0.1) is 0 Å². The molecule has 2 heteroatoms. The second kappa shape index (κ2) is 5.79. The molecule has 19 heavy (non-hydrogen) atoms. The number of hydrogen-bond acceptors (Lipinski definition) is 2. The fourth-order valence-electron chi connectivity index (χ4n) is 2.41. The van der Waals surface area contributed by atoms with E-state index in [2.05, 4.69) is 63.4 Å². The number of fused-ring (bicyclic) bond motifs is 1. The van der Waals surface area contributed by atoms with Crippen LogP contribution >= 0.6 is 0 Å². The van der Waals surface area contributed by atoms with E-state index in [0.29, 0.717) is 5.92 Å². The molecule has 1 heterocycles. The molecule has 0 bridgehead atoms. The molecule has 2 nitrogen and oxygen atoms in total. The third-order valence-corrected chi connectivity index (χ3v) is 3.23. The van der Waals surface area contributed by atoms with E-state index in [4.69, 9.17) is 4.74 Å². The van der Waals surface area contributed by atoms with Gasteiger partial charge in [0.25, 0.3) is 0 Å². The lowest BCUT2D eigenvalue weighted by molar-refractivity contribution is 0.138. The Morgan fingerprint density at radius 2 is 2.16 bits per heavy atom. The summed E-state index contributed by atoms with van der Waals surface area (Å²) in [7, 11) is 0. The molecule has 0 unspecified atom stereocenters. The van der Waals surface area contributed by atoms with E-state index < -0.39 is 0 Å². The first-order valence-corrected chi connectivity index (χ1v) is 7.16. The average molecular weight is 259 g/mol. The van der Waals surface area contributed by atoms with Gasteiger partial charge in [-0.05, 0) is 31.9 Å². The van der Waals surface area contributed by atoms with Crippen LogP contribution in [-0.4, -0.2) is 18.7 Å². The predicted molar refractivity (Wildman–Crippen MR) is 81.6 cm³/mol. The number of para-hydroxylation sites is 1. The number of hydrogen-bond donors (Lipinski definition) is 1. The van der Waals surface area contributed by atoms with Gasteiger partial charge in [0, 0.05) is 18.5 Å². The first kappa shape index (κ1) is 14.1. The van der Waals surface area contributed by atoms with Crippen molar-refractivity contribution in [1.82, 2.24) is 5.32 Å². The van der Waals surface area contributed by atoms with E-state index >= 15 is 0 Å². The second-order valence-electron chi connectivity index (χ2n) is 6.33. The maximum absolute atomic E-state index is 6.05. The summed E-state index contributed by atoms with van der Waals surface area (Å²) in [4.78, 5) is 0. The zero-order valence-electron chi connectivity index (χ0n) is 12.5. The van der Waals surface area contributed by atoms with Crippen molar-refractivity contribution in [2.75, 3.05) is 13.1 Å². The quantitative estimate of drug-likeness (QED) is 0.815. The van der Waals surface area contributed by atoms with Gasteiger partial charge in [0.15, 0.2) is 0 Å². The Balaban J connectivity index is 1.99. The molecule has 0 saturated carbocycles. The molecule has 0 radical (unpaired) electrons. The molecule has 1 aromatic rings. The standard InChI is InChI=1S/C17H25NO/c1-13(2)12-18-10-6-9-14-7-5-8-15-11-17(3,4)19-16(14)15/h5-9,13,18H,10-12H2,1-4H3. The molecule has 0 amide bonds. The van der Waals surface area contributed by atoms with Gasteiger partial charge in [0.2, 0.25) is 0 Å². The van der Waals surface area contributed by atoms with Crippen molar-refractivity contribution in [2.45, 2.75) is 39.7 Å². The molecule has 0 aliphatic carbocycles. The molecule has 104 valence electrons. The zero-order valence-corrected chi connectivity index (χ0v) is 12.5. The highest BCUT2D eigenvalue weighted by molar-refractivity contribution is 5.61. The van der Waals surface area contributed by atoms with E-state index in [1.807, 2.05) is 0 Å². The van der Waals surface area contributed by atoms with Gasteiger partial charge in [-0.2, -0.15) is 0 Å². The molecule has 0 aromatic heterocycles. The summed E-state index contributed by atoms with van der Waals surface area (Å²) in [6.45, 7) is 10.7. The van der Waals surface area contributed by atoms with Crippen molar-refractivity contribution in [2.24, 2.45) is 5.92 Å². The Labute approximate surface area is 116 Å². The highest BCUT2D eigenvalue weighted by Gasteiger charge is 2.30. The number of nitrogens with one attached hydrogen (secondary N) is 1. The van der Waals surface area contributed by atoms with Crippen LogP contribution in [0.5, 0.6) is 5.75 Å². The van der Waals surface area contributed by atoms with Crippen LogP contribution in [0.1, 0.15) is 38.8 Å². The minimum absolute atomic E-state index is 0.0673. The van der Waals surface area contributed by atoms with Gasteiger partial charge < -0.3 is 10.1 Å². The predicted octanol–water partition coefficient (Wildman–Crippen LogP) is 3.66. The van der Waals surface area contributed by atoms with Crippen LogP contribution in [-0.2, 0) is 6.42 Å². The lowest BCUT2D eigenvalue weighted by Gasteiger charge is -2.17. The van der Waals surface area contributed by atoms with E-state index in [0.717, 1.165) is 25.3 Å². The third kappa shape index (κ3) is 3.84. The number of rotatable bonds is 5. The summed E-state index contributed by atoms with van der Waals surface area (Å²) in [6.07, 6.45) is 5.33. The molecule has 0 fully saturated rings. The van der Waals surface area contributed by atoms with Crippen molar-refractivity contribution < 1.29 is 4.74 Å². The fourth-order valence-corrected chi connectivity index (χ4v) is 2.41. The number of benzene rings is 1. The van der Waals surface area contributed by atoms with Crippen LogP contribution < -0.4 is 10.1 Å². The maximum Gasteiger partial charge on any atom is 0.130 e. The van der Waals surface area contributed by atoms with Gasteiger partial charge in [0.1, 0.15) is 11.4 Å². The molecule has 0 saturated heterocycles. The zero-order chi connectivity index (χ0) is 13.9. The van der Waals surface area contributed by atoms with Crippen LogP contribution in [0, 0.1) is 5.92 Å². The van der Waals surface area contributed by atoms with Crippen LogP contribution in [0.4, 0.5) is 0 Å². The summed E-state index contributed by atoms with van der Waals surface area (Å²) in [6, 6.07) is 6.41. The topological polar surface area (TPSA) is 21.3 Å². The first-order chi connectivity index (χ1) is 8.98. The summed E-state index contributed by atoms with van der Waals surface area (Å²) < 4.78 is 6.05. The molecule has 1 aliphatic rings. The lowest BCUT2D eigenvalue weighted by atomic mass is 10.0. The smallest absolute Gasteiger partial charge is 0.130 e. The lowest BCUT2D eigenvalue weighted by Crippen LogP contribution is -2.24. The fraction of sp³-hybridized carbons (Fsp3) is 0.529. The minimum Gasteiger partial charge on any atom is -0.487 e. The van der Waals surface area contributed by atoms with E-state index in [-0.39, 0.29) is 5.60 Å². The normalized spacial score (nSPS) is 16.9. The molecule has 1 N–H and O–H groups in total. The van der Waals surface area contributed by atoms with Crippen molar-refractivity contribution in [3.8, 4) is 5.75 Å². The van der Waals surface area contributed by atoms with Crippen molar-refractivity contribution >= 4 is 6.08 Å². The highest BCUT2D eigenvalue weighted by atomic mass is 16.5. The van der Waals surface area contributed by atoms with Crippen LogP contribution in [0.3, 0.4) is 0 Å². The summed E-state index contributed by atoms with van der Waals surface area (Å²) in [5, 5.41) is 3.41. The summed E-state index contributed by atoms with van der Waals surface area (Å²) >= 11 is 0. The second-order valence-corrected chi connectivity index (χ2v) is 6.33. The van der Waals surface area contributed by atoms with E-state index in [9.17, 15) is 0 Å².